The Morgan fingerprint density at radius 1 is 0.812 bits per heavy atom. The standard InChI is InChI=1S/C25H23F2N3O2/c26-22-12-11-21(15-23(22)27)30-14-13-28(25(30)32)18-24(31)29(16-19-7-3-1-4-8-19)17-20-9-5-2-6-10-20/h1-12,15H,13-14,16-18H2. The number of urea groups is 1. The van der Waals surface area contributed by atoms with E-state index in [2.05, 4.69) is 0 Å². The highest BCUT2D eigenvalue weighted by atomic mass is 19.2. The van der Waals surface area contributed by atoms with Crippen molar-refractivity contribution >= 4 is 17.6 Å². The van der Waals surface area contributed by atoms with Gasteiger partial charge in [0.05, 0.1) is 0 Å². The summed E-state index contributed by atoms with van der Waals surface area (Å²) in [6.45, 7) is 1.38. The third kappa shape index (κ3) is 4.94. The molecule has 1 aliphatic rings. The molecule has 0 aliphatic carbocycles. The third-order valence-corrected chi connectivity index (χ3v) is 5.42. The highest BCUT2D eigenvalue weighted by molar-refractivity contribution is 5.96. The molecule has 3 aromatic rings. The molecule has 1 fully saturated rings. The zero-order valence-corrected chi connectivity index (χ0v) is 17.5. The zero-order valence-electron chi connectivity index (χ0n) is 17.5. The van der Waals surface area contributed by atoms with Gasteiger partial charge in [-0.2, -0.15) is 0 Å². The predicted molar refractivity (Wildman–Crippen MR) is 118 cm³/mol. The first-order valence-corrected chi connectivity index (χ1v) is 10.4. The smallest absolute Gasteiger partial charge is 0.325 e. The molecule has 0 bridgehead atoms. The Bertz CT molecular complexity index is 1050. The Kier molecular flexibility index (Phi) is 6.44. The van der Waals surface area contributed by atoms with E-state index >= 15 is 0 Å². The fourth-order valence-electron chi connectivity index (χ4n) is 3.73. The first-order valence-electron chi connectivity index (χ1n) is 10.4. The number of amides is 3. The first kappa shape index (κ1) is 21.5. The molecular weight excluding hydrogens is 412 g/mol. The lowest BCUT2D eigenvalue weighted by Crippen LogP contribution is -2.41. The van der Waals surface area contributed by atoms with E-state index in [1.165, 1.54) is 15.9 Å². The van der Waals surface area contributed by atoms with Crippen molar-refractivity contribution in [1.82, 2.24) is 9.80 Å². The maximum atomic E-state index is 13.6. The monoisotopic (exact) mass is 435 g/mol. The number of nitrogens with zero attached hydrogens (tertiary/aromatic N) is 3. The SMILES string of the molecule is O=C(CN1CCN(c2ccc(F)c(F)c2)C1=O)N(Cc1ccccc1)Cc1ccccc1. The average Bonchev–Trinajstić information content (AvgIpc) is 3.16. The van der Waals surface area contributed by atoms with Gasteiger partial charge in [0.25, 0.3) is 0 Å². The number of benzene rings is 3. The molecule has 164 valence electrons. The summed E-state index contributed by atoms with van der Waals surface area (Å²) in [7, 11) is 0. The Hall–Kier alpha value is -3.74. The maximum absolute atomic E-state index is 13.6. The van der Waals surface area contributed by atoms with Gasteiger partial charge in [0.1, 0.15) is 6.54 Å². The number of hydrogen-bond donors (Lipinski definition) is 0. The van der Waals surface area contributed by atoms with Crippen LogP contribution in [0.25, 0.3) is 0 Å². The summed E-state index contributed by atoms with van der Waals surface area (Å²) < 4.78 is 26.8. The molecule has 0 spiro atoms. The average molecular weight is 435 g/mol. The molecule has 0 unspecified atom stereocenters. The molecule has 1 heterocycles. The van der Waals surface area contributed by atoms with Crippen LogP contribution in [0.15, 0.2) is 78.9 Å². The quantitative estimate of drug-likeness (QED) is 0.551. The minimum Gasteiger partial charge on any atom is -0.333 e. The van der Waals surface area contributed by atoms with Crippen molar-refractivity contribution in [1.29, 1.82) is 0 Å². The van der Waals surface area contributed by atoms with Crippen molar-refractivity contribution < 1.29 is 18.4 Å². The van der Waals surface area contributed by atoms with Gasteiger partial charge in [-0.1, -0.05) is 60.7 Å². The van der Waals surface area contributed by atoms with E-state index in [9.17, 15) is 18.4 Å². The minimum absolute atomic E-state index is 0.0846. The molecule has 5 nitrogen and oxygen atoms in total. The molecular formula is C25H23F2N3O2. The van der Waals surface area contributed by atoms with Gasteiger partial charge < -0.3 is 9.80 Å². The molecule has 0 saturated carbocycles. The second-order valence-corrected chi connectivity index (χ2v) is 7.68. The van der Waals surface area contributed by atoms with Crippen LogP contribution in [0, 0.1) is 11.6 Å². The van der Waals surface area contributed by atoms with Crippen LogP contribution in [0.4, 0.5) is 19.3 Å². The molecule has 7 heteroatoms. The summed E-state index contributed by atoms with van der Waals surface area (Å²) in [5, 5.41) is 0. The Labute approximate surface area is 185 Å². The van der Waals surface area contributed by atoms with Crippen LogP contribution in [0.3, 0.4) is 0 Å². The molecule has 1 saturated heterocycles. The van der Waals surface area contributed by atoms with Crippen LogP contribution in [0.5, 0.6) is 0 Å². The summed E-state index contributed by atoms with van der Waals surface area (Å²) in [6.07, 6.45) is 0. The molecule has 3 amide bonds. The van der Waals surface area contributed by atoms with Gasteiger partial charge in [-0.3, -0.25) is 9.69 Å². The maximum Gasteiger partial charge on any atom is 0.325 e. The van der Waals surface area contributed by atoms with Crippen molar-refractivity contribution in [3.05, 3.63) is 102 Å². The molecule has 3 aromatic carbocycles. The van der Waals surface area contributed by atoms with Crippen molar-refractivity contribution in [2.45, 2.75) is 13.1 Å². The Morgan fingerprint density at radius 2 is 1.41 bits per heavy atom. The molecule has 0 radical (unpaired) electrons. The van der Waals surface area contributed by atoms with Gasteiger partial charge in [0.2, 0.25) is 5.91 Å². The van der Waals surface area contributed by atoms with E-state index in [0.717, 1.165) is 23.3 Å². The fraction of sp³-hybridized carbons (Fsp3) is 0.200. The van der Waals surface area contributed by atoms with Crippen molar-refractivity contribution in [2.75, 3.05) is 24.5 Å². The number of halogens is 2. The van der Waals surface area contributed by atoms with Crippen molar-refractivity contribution in [3.8, 4) is 0 Å². The molecule has 32 heavy (non-hydrogen) atoms. The number of anilines is 1. The van der Waals surface area contributed by atoms with Crippen molar-refractivity contribution in [3.63, 3.8) is 0 Å². The third-order valence-electron chi connectivity index (χ3n) is 5.42. The topological polar surface area (TPSA) is 43.9 Å². The molecule has 0 N–H and O–H groups in total. The van der Waals surface area contributed by atoms with Gasteiger partial charge in [-0.25, -0.2) is 13.6 Å². The van der Waals surface area contributed by atoms with Crippen LogP contribution in [0.2, 0.25) is 0 Å². The second kappa shape index (κ2) is 9.60. The molecule has 4 rings (SSSR count). The van der Waals surface area contributed by atoms with Gasteiger partial charge in [0, 0.05) is 37.9 Å². The van der Waals surface area contributed by atoms with E-state index in [1.54, 1.807) is 4.90 Å². The van der Waals surface area contributed by atoms with E-state index < -0.39 is 17.7 Å². The van der Waals surface area contributed by atoms with E-state index in [-0.39, 0.29) is 18.1 Å². The highest BCUT2D eigenvalue weighted by Crippen LogP contribution is 2.23. The fourth-order valence-corrected chi connectivity index (χ4v) is 3.73. The summed E-state index contributed by atoms with van der Waals surface area (Å²) in [5.74, 6) is -2.16. The van der Waals surface area contributed by atoms with Gasteiger partial charge >= 0.3 is 6.03 Å². The van der Waals surface area contributed by atoms with Crippen molar-refractivity contribution in [2.24, 2.45) is 0 Å². The number of carbonyl (C=O) groups excluding carboxylic acids is 2. The summed E-state index contributed by atoms with van der Waals surface area (Å²) >= 11 is 0. The lowest BCUT2D eigenvalue weighted by Gasteiger charge is -2.26. The van der Waals surface area contributed by atoms with E-state index in [0.29, 0.717) is 26.2 Å². The normalized spacial score (nSPS) is 13.5. The van der Waals surface area contributed by atoms with Crippen LogP contribution in [-0.2, 0) is 17.9 Å². The summed E-state index contributed by atoms with van der Waals surface area (Å²) in [5.41, 5.74) is 2.26. The zero-order chi connectivity index (χ0) is 22.5. The van der Waals surface area contributed by atoms with Gasteiger partial charge in [-0.15, -0.1) is 0 Å². The van der Waals surface area contributed by atoms with E-state index in [4.69, 9.17) is 0 Å². The van der Waals surface area contributed by atoms with Crippen LogP contribution < -0.4 is 4.90 Å². The molecule has 0 atom stereocenters. The van der Waals surface area contributed by atoms with Crippen LogP contribution in [0.1, 0.15) is 11.1 Å². The largest absolute Gasteiger partial charge is 0.333 e. The minimum atomic E-state index is -1.01. The van der Waals surface area contributed by atoms with E-state index in [1.807, 2.05) is 60.7 Å². The molecule has 1 aliphatic heterocycles. The second-order valence-electron chi connectivity index (χ2n) is 7.68. The molecule has 0 aromatic heterocycles. The number of hydrogen-bond acceptors (Lipinski definition) is 2. The van der Waals surface area contributed by atoms with Crippen LogP contribution >= 0.6 is 0 Å². The Morgan fingerprint density at radius 3 is 1.97 bits per heavy atom. The number of rotatable bonds is 7. The van der Waals surface area contributed by atoms with Gasteiger partial charge in [-0.05, 0) is 23.3 Å². The lowest BCUT2D eigenvalue weighted by atomic mass is 10.1. The number of carbonyl (C=O) groups is 2. The van der Waals surface area contributed by atoms with Gasteiger partial charge in [0.15, 0.2) is 11.6 Å². The summed E-state index contributed by atoms with van der Waals surface area (Å²) in [4.78, 5) is 30.6. The van der Waals surface area contributed by atoms with Crippen LogP contribution in [-0.4, -0.2) is 41.4 Å². The predicted octanol–water partition coefficient (Wildman–Crippen LogP) is 4.44. The first-order chi connectivity index (χ1) is 15.5. The summed E-state index contributed by atoms with van der Waals surface area (Å²) in [6, 6.07) is 22.3. The Balaban J connectivity index is 1.47. The lowest BCUT2D eigenvalue weighted by molar-refractivity contribution is -0.132. The highest BCUT2D eigenvalue weighted by Gasteiger charge is 2.32.